The average molecular weight is 350 g/mol. The molecule has 0 bridgehead atoms. The molecule has 25 heavy (non-hydrogen) atoms. The SMILES string of the molecule is CCC1CCC2(CC1)NC(=O)N(CC(=O)NC1CNCCC1C)C2=O. The molecule has 0 aromatic rings. The Kier molecular flexibility index (Phi) is 5.32. The zero-order chi connectivity index (χ0) is 18.0. The molecule has 7 nitrogen and oxygen atoms in total. The lowest BCUT2D eigenvalue weighted by Crippen LogP contribution is -2.53. The highest BCUT2D eigenvalue weighted by Gasteiger charge is 2.52. The number of piperidine rings is 1. The lowest BCUT2D eigenvalue weighted by Gasteiger charge is -2.34. The number of carbonyl (C=O) groups excluding carboxylic acids is 3. The number of hydrogen-bond donors (Lipinski definition) is 3. The Bertz CT molecular complexity index is 542. The van der Waals surface area contributed by atoms with Gasteiger partial charge in [0.05, 0.1) is 0 Å². The minimum absolute atomic E-state index is 0.0518. The van der Waals surface area contributed by atoms with Crippen molar-refractivity contribution < 1.29 is 14.4 Å². The third-order valence-corrected chi connectivity index (χ3v) is 6.26. The minimum Gasteiger partial charge on any atom is -0.350 e. The lowest BCUT2D eigenvalue weighted by atomic mass is 9.75. The Morgan fingerprint density at radius 2 is 2.00 bits per heavy atom. The maximum atomic E-state index is 12.8. The molecule has 2 saturated heterocycles. The van der Waals surface area contributed by atoms with Gasteiger partial charge >= 0.3 is 6.03 Å². The van der Waals surface area contributed by atoms with E-state index in [1.807, 2.05) is 0 Å². The number of nitrogens with zero attached hydrogens (tertiary/aromatic N) is 1. The van der Waals surface area contributed by atoms with Gasteiger partial charge in [-0.25, -0.2) is 4.79 Å². The standard InChI is InChI=1S/C18H30N4O3/c1-3-13-4-7-18(8-5-13)16(24)22(17(25)21-18)11-15(23)20-14-10-19-9-6-12(14)2/h12-14,19H,3-11H2,1-2H3,(H,20,23)(H,21,25). The molecular formula is C18H30N4O3. The summed E-state index contributed by atoms with van der Waals surface area (Å²) >= 11 is 0. The van der Waals surface area contributed by atoms with Crippen LogP contribution < -0.4 is 16.0 Å². The van der Waals surface area contributed by atoms with E-state index in [0.29, 0.717) is 24.7 Å². The normalized spacial score (nSPS) is 35.8. The van der Waals surface area contributed by atoms with Crippen LogP contribution in [0.15, 0.2) is 0 Å². The molecule has 3 N–H and O–H groups in total. The second-order valence-electron chi connectivity index (χ2n) is 7.90. The Labute approximate surface area is 149 Å². The molecule has 1 spiro atoms. The van der Waals surface area contributed by atoms with Gasteiger partial charge in [0.2, 0.25) is 5.91 Å². The molecule has 2 atom stereocenters. The fraction of sp³-hybridized carbons (Fsp3) is 0.833. The van der Waals surface area contributed by atoms with Crippen LogP contribution in [-0.4, -0.2) is 54.0 Å². The van der Waals surface area contributed by atoms with Crippen LogP contribution in [0.1, 0.15) is 52.4 Å². The van der Waals surface area contributed by atoms with E-state index in [2.05, 4.69) is 29.8 Å². The van der Waals surface area contributed by atoms with Crippen LogP contribution in [0.25, 0.3) is 0 Å². The van der Waals surface area contributed by atoms with Gasteiger partial charge in [-0.3, -0.25) is 14.5 Å². The van der Waals surface area contributed by atoms with E-state index < -0.39 is 11.6 Å². The Hall–Kier alpha value is -1.63. The summed E-state index contributed by atoms with van der Waals surface area (Å²) in [4.78, 5) is 38.6. The third-order valence-electron chi connectivity index (χ3n) is 6.26. The number of hydrogen-bond acceptors (Lipinski definition) is 4. The first-order valence-electron chi connectivity index (χ1n) is 9.59. The van der Waals surface area contributed by atoms with E-state index in [4.69, 9.17) is 0 Å². The van der Waals surface area contributed by atoms with E-state index in [-0.39, 0.29) is 24.4 Å². The van der Waals surface area contributed by atoms with Crippen molar-refractivity contribution in [1.82, 2.24) is 20.9 Å². The highest BCUT2D eigenvalue weighted by atomic mass is 16.2. The fourth-order valence-corrected chi connectivity index (χ4v) is 4.32. The molecule has 0 aromatic heterocycles. The quantitative estimate of drug-likeness (QED) is 0.660. The molecule has 2 aliphatic heterocycles. The molecule has 3 rings (SSSR count). The molecule has 7 heteroatoms. The van der Waals surface area contributed by atoms with Crippen molar-refractivity contribution in [3.05, 3.63) is 0 Å². The Balaban J connectivity index is 1.58. The molecule has 0 aromatic carbocycles. The van der Waals surface area contributed by atoms with Gasteiger partial charge in [-0.1, -0.05) is 20.3 Å². The van der Waals surface area contributed by atoms with Gasteiger partial charge in [0.1, 0.15) is 12.1 Å². The molecule has 2 unspecified atom stereocenters. The molecule has 3 aliphatic rings. The fourth-order valence-electron chi connectivity index (χ4n) is 4.32. The molecular weight excluding hydrogens is 320 g/mol. The minimum atomic E-state index is -0.775. The van der Waals surface area contributed by atoms with Crippen molar-refractivity contribution in [3.63, 3.8) is 0 Å². The van der Waals surface area contributed by atoms with Gasteiger partial charge in [0.25, 0.3) is 5.91 Å². The predicted octanol–water partition coefficient (Wildman–Crippen LogP) is 0.991. The van der Waals surface area contributed by atoms with Crippen molar-refractivity contribution in [2.24, 2.45) is 11.8 Å². The van der Waals surface area contributed by atoms with Crippen LogP contribution in [0.3, 0.4) is 0 Å². The smallest absolute Gasteiger partial charge is 0.325 e. The van der Waals surface area contributed by atoms with Gasteiger partial charge < -0.3 is 16.0 Å². The number of urea groups is 1. The van der Waals surface area contributed by atoms with Crippen LogP contribution in [0, 0.1) is 11.8 Å². The maximum absolute atomic E-state index is 12.8. The second kappa shape index (κ2) is 7.32. The molecule has 140 valence electrons. The van der Waals surface area contributed by atoms with Crippen LogP contribution in [0.5, 0.6) is 0 Å². The summed E-state index contributed by atoms with van der Waals surface area (Å²) in [7, 11) is 0. The van der Waals surface area contributed by atoms with Crippen LogP contribution in [0.4, 0.5) is 4.79 Å². The molecule has 3 fully saturated rings. The zero-order valence-electron chi connectivity index (χ0n) is 15.3. The van der Waals surface area contributed by atoms with Gasteiger partial charge in [-0.05, 0) is 50.5 Å². The molecule has 2 heterocycles. The summed E-state index contributed by atoms with van der Waals surface area (Å²) in [5.74, 6) is 0.539. The van der Waals surface area contributed by atoms with E-state index in [1.54, 1.807) is 0 Å². The summed E-state index contributed by atoms with van der Waals surface area (Å²) in [5.41, 5.74) is -0.775. The van der Waals surface area contributed by atoms with Crippen molar-refractivity contribution in [2.75, 3.05) is 19.6 Å². The van der Waals surface area contributed by atoms with Crippen molar-refractivity contribution in [2.45, 2.75) is 64.0 Å². The van der Waals surface area contributed by atoms with E-state index >= 15 is 0 Å². The van der Waals surface area contributed by atoms with Crippen molar-refractivity contribution in [3.8, 4) is 0 Å². The summed E-state index contributed by atoms with van der Waals surface area (Å²) < 4.78 is 0. The van der Waals surface area contributed by atoms with E-state index in [0.717, 1.165) is 43.7 Å². The van der Waals surface area contributed by atoms with Gasteiger partial charge in [0, 0.05) is 12.6 Å². The highest BCUT2D eigenvalue weighted by molar-refractivity contribution is 6.09. The first-order chi connectivity index (χ1) is 11.9. The Morgan fingerprint density at radius 3 is 2.64 bits per heavy atom. The number of nitrogens with one attached hydrogen (secondary N) is 3. The number of carbonyl (C=O) groups is 3. The third kappa shape index (κ3) is 3.66. The first-order valence-corrected chi connectivity index (χ1v) is 9.59. The summed E-state index contributed by atoms with van der Waals surface area (Å²) in [5, 5.41) is 9.11. The molecule has 4 amide bonds. The molecule has 0 radical (unpaired) electrons. The zero-order valence-corrected chi connectivity index (χ0v) is 15.3. The second-order valence-corrected chi connectivity index (χ2v) is 7.90. The van der Waals surface area contributed by atoms with E-state index in [9.17, 15) is 14.4 Å². The van der Waals surface area contributed by atoms with Gasteiger partial charge in [0.15, 0.2) is 0 Å². The maximum Gasteiger partial charge on any atom is 0.325 e. The monoisotopic (exact) mass is 350 g/mol. The van der Waals surface area contributed by atoms with Crippen LogP contribution in [-0.2, 0) is 9.59 Å². The Morgan fingerprint density at radius 1 is 1.28 bits per heavy atom. The highest BCUT2D eigenvalue weighted by Crippen LogP contribution is 2.37. The number of imide groups is 1. The van der Waals surface area contributed by atoms with E-state index in [1.165, 1.54) is 0 Å². The molecule has 1 saturated carbocycles. The number of rotatable bonds is 4. The summed E-state index contributed by atoms with van der Waals surface area (Å²) in [6.45, 7) is 5.78. The average Bonchev–Trinajstić information content (AvgIpc) is 2.82. The predicted molar refractivity (Wildman–Crippen MR) is 93.8 cm³/mol. The molecule has 1 aliphatic carbocycles. The van der Waals surface area contributed by atoms with Gasteiger partial charge in [-0.15, -0.1) is 0 Å². The topological polar surface area (TPSA) is 90.5 Å². The van der Waals surface area contributed by atoms with Crippen LogP contribution >= 0.6 is 0 Å². The van der Waals surface area contributed by atoms with Crippen LogP contribution in [0.2, 0.25) is 0 Å². The lowest BCUT2D eigenvalue weighted by molar-refractivity contribution is -0.136. The van der Waals surface area contributed by atoms with Crippen molar-refractivity contribution >= 4 is 17.8 Å². The summed E-state index contributed by atoms with van der Waals surface area (Å²) in [6, 6.07) is -0.374. The summed E-state index contributed by atoms with van der Waals surface area (Å²) in [6.07, 6.45) is 5.38. The van der Waals surface area contributed by atoms with Crippen molar-refractivity contribution in [1.29, 1.82) is 0 Å². The largest absolute Gasteiger partial charge is 0.350 e. The van der Waals surface area contributed by atoms with Gasteiger partial charge in [-0.2, -0.15) is 0 Å². The number of amides is 4. The first kappa shape index (κ1) is 18.2.